The van der Waals surface area contributed by atoms with Crippen LogP contribution in [-0.4, -0.2) is 28.6 Å². The highest BCUT2D eigenvalue weighted by molar-refractivity contribution is 7.09. The van der Waals surface area contributed by atoms with Gasteiger partial charge in [-0.05, 0) is 24.7 Å². The van der Waals surface area contributed by atoms with Gasteiger partial charge in [0.25, 0.3) is 0 Å². The molecule has 0 fully saturated rings. The van der Waals surface area contributed by atoms with E-state index in [0.29, 0.717) is 10.6 Å². The number of likely N-dealkylation sites (N-methyl/N-ethyl adjacent to an activating group) is 1. The maximum absolute atomic E-state index is 12.8. The third-order valence-electron chi connectivity index (χ3n) is 2.99. The lowest BCUT2D eigenvalue weighted by Gasteiger charge is -2.19. The largest absolute Gasteiger partial charge is 0.434 e. The van der Waals surface area contributed by atoms with Crippen LogP contribution in [0.2, 0.25) is 0 Å². The van der Waals surface area contributed by atoms with E-state index in [1.807, 2.05) is 0 Å². The molecule has 2 rings (SSSR count). The summed E-state index contributed by atoms with van der Waals surface area (Å²) in [6.45, 7) is 0.394. The number of aromatic nitrogens is 1. The summed E-state index contributed by atoms with van der Waals surface area (Å²) in [7, 11) is 1.67. The van der Waals surface area contributed by atoms with E-state index in [1.165, 1.54) is 24.3 Å². The zero-order chi connectivity index (χ0) is 16.3. The molecule has 1 atom stereocenters. The lowest BCUT2D eigenvalue weighted by atomic mass is 10.1. The summed E-state index contributed by atoms with van der Waals surface area (Å²) in [5.74, 6) is -0.397. The number of alkyl halides is 3. The van der Waals surface area contributed by atoms with Gasteiger partial charge >= 0.3 is 6.18 Å². The molecular weight excluding hydrogens is 320 g/mol. The van der Waals surface area contributed by atoms with Gasteiger partial charge in [0.05, 0.1) is 12.6 Å². The smallest absolute Gasteiger partial charge is 0.387 e. The highest BCUT2D eigenvalue weighted by Gasteiger charge is 2.33. The summed E-state index contributed by atoms with van der Waals surface area (Å²) in [5.41, 5.74) is -0.358. The van der Waals surface area contributed by atoms with Crippen molar-refractivity contribution in [3.8, 4) is 0 Å². The van der Waals surface area contributed by atoms with Crippen molar-refractivity contribution in [1.82, 2.24) is 9.88 Å². The van der Waals surface area contributed by atoms with Gasteiger partial charge in [0.1, 0.15) is 10.8 Å². The fourth-order valence-corrected chi connectivity index (χ4v) is 2.77. The van der Waals surface area contributed by atoms with Crippen LogP contribution in [0.1, 0.15) is 22.4 Å². The number of hydrogen-bond donors (Lipinski definition) is 1. The normalized spacial score (nSPS) is 13.6. The molecular formula is C14H14F4N2OS. The van der Waals surface area contributed by atoms with Crippen LogP contribution >= 0.6 is 11.3 Å². The molecule has 0 aliphatic rings. The number of hydrogen-bond acceptors (Lipinski definition) is 4. The summed E-state index contributed by atoms with van der Waals surface area (Å²) in [4.78, 5) is 5.19. The molecule has 2 aromatic rings. The minimum atomic E-state index is -4.44. The van der Waals surface area contributed by atoms with Crippen LogP contribution in [0, 0.1) is 5.82 Å². The van der Waals surface area contributed by atoms with Gasteiger partial charge in [0, 0.05) is 11.9 Å². The molecule has 1 unspecified atom stereocenters. The molecule has 0 aliphatic heterocycles. The highest BCUT2D eigenvalue weighted by atomic mass is 32.1. The van der Waals surface area contributed by atoms with E-state index in [0.717, 1.165) is 16.7 Å². The summed E-state index contributed by atoms with van der Waals surface area (Å²) in [6, 6.07) is 5.43. The third kappa shape index (κ3) is 4.49. The first kappa shape index (κ1) is 16.9. The average molecular weight is 334 g/mol. The van der Waals surface area contributed by atoms with Crippen LogP contribution < -0.4 is 0 Å². The Labute approximate surface area is 128 Å². The topological polar surface area (TPSA) is 36.4 Å². The molecule has 0 spiro atoms. The Morgan fingerprint density at radius 3 is 2.45 bits per heavy atom. The minimum Gasteiger partial charge on any atom is -0.387 e. The first-order valence-electron chi connectivity index (χ1n) is 6.39. The van der Waals surface area contributed by atoms with Crippen molar-refractivity contribution in [3.63, 3.8) is 0 Å². The summed E-state index contributed by atoms with van der Waals surface area (Å²) in [5, 5.41) is 11.3. The number of aliphatic hydroxyl groups excluding tert-OH is 1. The average Bonchev–Trinajstić information content (AvgIpc) is 2.87. The molecule has 0 aliphatic carbocycles. The number of halogens is 4. The molecule has 1 heterocycles. The molecule has 1 N–H and O–H groups in total. The Hall–Kier alpha value is -1.51. The molecule has 0 saturated carbocycles. The fourth-order valence-electron chi connectivity index (χ4n) is 1.89. The molecule has 120 valence electrons. The summed E-state index contributed by atoms with van der Waals surface area (Å²) >= 11 is 0.926. The lowest BCUT2D eigenvalue weighted by Crippen LogP contribution is -2.24. The van der Waals surface area contributed by atoms with Crippen molar-refractivity contribution < 1.29 is 22.7 Å². The Morgan fingerprint density at radius 2 is 1.91 bits per heavy atom. The number of nitrogens with zero attached hydrogens (tertiary/aromatic N) is 2. The van der Waals surface area contributed by atoms with E-state index in [9.17, 15) is 22.7 Å². The molecule has 0 bridgehead atoms. The van der Waals surface area contributed by atoms with Crippen LogP contribution in [0.3, 0.4) is 0 Å². The Kier molecular flexibility index (Phi) is 5.15. The zero-order valence-corrected chi connectivity index (χ0v) is 12.5. The van der Waals surface area contributed by atoms with Crippen LogP contribution in [-0.2, 0) is 12.7 Å². The summed E-state index contributed by atoms with van der Waals surface area (Å²) < 4.78 is 50.2. The molecule has 3 nitrogen and oxygen atoms in total. The number of benzene rings is 1. The van der Waals surface area contributed by atoms with Gasteiger partial charge in [-0.2, -0.15) is 13.2 Å². The first-order valence-corrected chi connectivity index (χ1v) is 7.27. The Bertz CT molecular complexity index is 612. The van der Waals surface area contributed by atoms with Crippen LogP contribution in [0.25, 0.3) is 0 Å². The molecule has 0 amide bonds. The third-order valence-corrected chi connectivity index (χ3v) is 3.82. The van der Waals surface area contributed by atoms with E-state index < -0.39 is 23.8 Å². The molecule has 8 heteroatoms. The van der Waals surface area contributed by atoms with Crippen molar-refractivity contribution in [2.75, 3.05) is 13.6 Å². The first-order chi connectivity index (χ1) is 10.3. The number of aliphatic hydroxyl groups is 1. The quantitative estimate of drug-likeness (QED) is 0.851. The van der Waals surface area contributed by atoms with Crippen LogP contribution in [0.5, 0.6) is 0 Å². The van der Waals surface area contributed by atoms with E-state index in [1.54, 1.807) is 11.9 Å². The Balaban J connectivity index is 1.93. The Morgan fingerprint density at radius 1 is 1.27 bits per heavy atom. The van der Waals surface area contributed by atoms with Gasteiger partial charge in [0.2, 0.25) is 0 Å². The maximum Gasteiger partial charge on any atom is 0.434 e. The van der Waals surface area contributed by atoms with Gasteiger partial charge in [0.15, 0.2) is 5.69 Å². The standard InChI is InChI=1S/C14H14F4N2OS/c1-20(6-11(21)9-2-4-10(15)5-3-9)7-13-19-12(8-22-13)14(16,17)18/h2-5,8,11,21H,6-7H2,1H3. The van der Waals surface area contributed by atoms with Gasteiger partial charge < -0.3 is 5.11 Å². The van der Waals surface area contributed by atoms with E-state index >= 15 is 0 Å². The monoisotopic (exact) mass is 334 g/mol. The van der Waals surface area contributed by atoms with Gasteiger partial charge in [-0.3, -0.25) is 4.90 Å². The second kappa shape index (κ2) is 6.72. The number of thiazole rings is 1. The predicted octanol–water partition coefficient (Wildman–Crippen LogP) is 3.47. The van der Waals surface area contributed by atoms with Crippen LogP contribution in [0.4, 0.5) is 17.6 Å². The maximum atomic E-state index is 12.8. The second-order valence-electron chi connectivity index (χ2n) is 4.89. The van der Waals surface area contributed by atoms with E-state index in [-0.39, 0.29) is 13.1 Å². The van der Waals surface area contributed by atoms with Gasteiger partial charge in [-0.25, -0.2) is 9.37 Å². The SMILES string of the molecule is CN(Cc1nc(C(F)(F)F)cs1)CC(O)c1ccc(F)cc1. The van der Waals surface area contributed by atoms with Gasteiger partial charge in [-0.1, -0.05) is 12.1 Å². The highest BCUT2D eigenvalue weighted by Crippen LogP contribution is 2.30. The van der Waals surface area contributed by atoms with E-state index in [4.69, 9.17) is 0 Å². The van der Waals surface area contributed by atoms with Crippen molar-refractivity contribution in [2.45, 2.75) is 18.8 Å². The molecule has 1 aromatic carbocycles. The van der Waals surface area contributed by atoms with E-state index in [2.05, 4.69) is 4.98 Å². The minimum absolute atomic E-state index is 0.193. The molecule has 0 radical (unpaired) electrons. The molecule has 0 saturated heterocycles. The molecule has 1 aromatic heterocycles. The van der Waals surface area contributed by atoms with Crippen molar-refractivity contribution in [3.05, 3.63) is 51.7 Å². The zero-order valence-electron chi connectivity index (χ0n) is 11.6. The summed E-state index contributed by atoms with van der Waals surface area (Å²) in [6.07, 6.45) is -5.30. The fraction of sp³-hybridized carbons (Fsp3) is 0.357. The van der Waals surface area contributed by atoms with Crippen molar-refractivity contribution >= 4 is 11.3 Å². The van der Waals surface area contributed by atoms with Gasteiger partial charge in [-0.15, -0.1) is 11.3 Å². The lowest BCUT2D eigenvalue weighted by molar-refractivity contribution is -0.140. The molecule has 22 heavy (non-hydrogen) atoms. The predicted molar refractivity (Wildman–Crippen MR) is 74.8 cm³/mol. The second-order valence-corrected chi connectivity index (χ2v) is 5.83. The van der Waals surface area contributed by atoms with Crippen molar-refractivity contribution in [1.29, 1.82) is 0 Å². The number of rotatable bonds is 5. The van der Waals surface area contributed by atoms with Crippen molar-refractivity contribution in [2.24, 2.45) is 0 Å². The van der Waals surface area contributed by atoms with Crippen LogP contribution in [0.15, 0.2) is 29.6 Å².